The molecule has 0 amide bonds. The summed E-state index contributed by atoms with van der Waals surface area (Å²) in [6, 6.07) is 10.2. The minimum Gasteiger partial charge on any atom is -0.493 e. The van der Waals surface area contributed by atoms with E-state index in [-0.39, 0.29) is 54.9 Å². The van der Waals surface area contributed by atoms with E-state index in [1.807, 2.05) is 0 Å². The molecule has 0 fully saturated rings. The molecule has 0 saturated carbocycles. The molecular formula is C38H49F5N2O6. The highest BCUT2D eigenvalue weighted by Crippen LogP contribution is 2.39. The first-order valence-electron chi connectivity index (χ1n) is 16.9. The van der Waals surface area contributed by atoms with Crippen LogP contribution in [0.3, 0.4) is 0 Å². The van der Waals surface area contributed by atoms with Gasteiger partial charge in [-0.2, -0.15) is 0 Å². The minimum atomic E-state index is -4.98. The molecule has 3 aromatic rings. The standard InChI is InChI=1S/C38H49F5N2O6/c1-7-8-9-12-25-13-16-28(31(21-25)51-38(41,42)43)29-22-26-14-15-27(23-30(26)50-32(29)46)48-19-10-17-37(39,40)18-11-20-49-33(47)36(6,35(4,5)45)24-34(2,3)44/h7,13-16,21-23H,1,8-12,17-20,24,44-45H2,2-6H3. The minimum absolute atomic E-state index is 0.00426. The molecule has 1 aromatic heterocycles. The van der Waals surface area contributed by atoms with Crippen molar-refractivity contribution in [2.45, 2.75) is 109 Å². The molecule has 3 rings (SSSR count). The van der Waals surface area contributed by atoms with Gasteiger partial charge < -0.3 is 30.1 Å². The topological polar surface area (TPSA) is 127 Å². The number of fused-ring (bicyclic) bond motifs is 1. The molecule has 1 unspecified atom stereocenters. The van der Waals surface area contributed by atoms with Crippen molar-refractivity contribution < 1.29 is 45.4 Å². The number of rotatable bonds is 19. The lowest BCUT2D eigenvalue weighted by atomic mass is 9.67. The Kier molecular flexibility index (Phi) is 13.5. The summed E-state index contributed by atoms with van der Waals surface area (Å²) < 4.78 is 89.7. The lowest BCUT2D eigenvalue weighted by Gasteiger charge is -2.42. The van der Waals surface area contributed by atoms with E-state index in [2.05, 4.69) is 11.3 Å². The lowest BCUT2D eigenvalue weighted by Crippen LogP contribution is -2.58. The molecule has 0 aliphatic rings. The van der Waals surface area contributed by atoms with Crippen LogP contribution < -0.4 is 26.6 Å². The summed E-state index contributed by atoms with van der Waals surface area (Å²) in [7, 11) is 0. The van der Waals surface area contributed by atoms with E-state index in [0.29, 0.717) is 30.2 Å². The summed E-state index contributed by atoms with van der Waals surface area (Å²) in [5.41, 5.74) is 9.22. The van der Waals surface area contributed by atoms with Gasteiger partial charge in [0.2, 0.25) is 5.92 Å². The number of esters is 1. The third-order valence-electron chi connectivity index (χ3n) is 8.70. The van der Waals surface area contributed by atoms with Crippen LogP contribution in [0.4, 0.5) is 22.0 Å². The van der Waals surface area contributed by atoms with E-state index < -0.39 is 59.0 Å². The second-order valence-electron chi connectivity index (χ2n) is 14.5. The number of alkyl halides is 5. The molecule has 51 heavy (non-hydrogen) atoms. The van der Waals surface area contributed by atoms with E-state index >= 15 is 0 Å². The molecule has 2 aromatic carbocycles. The van der Waals surface area contributed by atoms with Gasteiger partial charge in [-0.1, -0.05) is 18.2 Å². The van der Waals surface area contributed by atoms with Crippen molar-refractivity contribution in [3.63, 3.8) is 0 Å². The number of allylic oxidation sites excluding steroid dienone is 1. The normalized spacial score (nSPS) is 13.9. The SMILES string of the molecule is C=CCCCc1ccc(-c2cc3ccc(OCCCC(F)(F)CCCOC(=O)C(C)(CC(C)(C)N)C(C)(C)N)cc3oc2=O)c(OC(F)(F)F)c1. The Bertz CT molecular complexity index is 1710. The first-order chi connectivity index (χ1) is 23.5. The van der Waals surface area contributed by atoms with Crippen LogP contribution in [0.25, 0.3) is 22.1 Å². The highest BCUT2D eigenvalue weighted by molar-refractivity contribution is 5.84. The Morgan fingerprint density at radius 1 is 0.882 bits per heavy atom. The van der Waals surface area contributed by atoms with E-state index in [4.69, 9.17) is 25.4 Å². The first-order valence-corrected chi connectivity index (χ1v) is 16.9. The smallest absolute Gasteiger partial charge is 0.493 e. The van der Waals surface area contributed by atoms with Gasteiger partial charge in [-0.3, -0.25) is 4.79 Å². The van der Waals surface area contributed by atoms with Crippen molar-refractivity contribution >= 4 is 16.9 Å². The number of nitrogens with two attached hydrogens (primary N) is 2. The molecule has 0 spiro atoms. The van der Waals surface area contributed by atoms with Crippen LogP contribution in [0.1, 0.15) is 85.1 Å². The van der Waals surface area contributed by atoms with E-state index in [1.54, 1.807) is 52.8 Å². The molecule has 282 valence electrons. The van der Waals surface area contributed by atoms with Crippen molar-refractivity contribution in [1.82, 2.24) is 0 Å². The monoisotopic (exact) mass is 724 g/mol. The number of carbonyl (C=O) groups is 1. The fourth-order valence-electron chi connectivity index (χ4n) is 5.75. The molecule has 0 radical (unpaired) electrons. The van der Waals surface area contributed by atoms with Crippen molar-refractivity contribution in [3.8, 4) is 22.6 Å². The van der Waals surface area contributed by atoms with Crippen molar-refractivity contribution in [3.05, 3.63) is 71.1 Å². The highest BCUT2D eigenvalue weighted by Gasteiger charge is 2.48. The maximum absolute atomic E-state index is 14.6. The Morgan fingerprint density at radius 3 is 2.16 bits per heavy atom. The van der Waals surface area contributed by atoms with Crippen LogP contribution in [-0.2, 0) is 16.0 Å². The third-order valence-corrected chi connectivity index (χ3v) is 8.70. The van der Waals surface area contributed by atoms with Crippen LogP contribution in [0.5, 0.6) is 11.5 Å². The van der Waals surface area contributed by atoms with Gasteiger partial charge in [0.05, 0.1) is 24.2 Å². The second-order valence-corrected chi connectivity index (χ2v) is 14.5. The van der Waals surface area contributed by atoms with Crippen LogP contribution in [0, 0.1) is 5.41 Å². The Morgan fingerprint density at radius 2 is 1.55 bits per heavy atom. The zero-order chi connectivity index (χ0) is 38.3. The number of hydrogen-bond acceptors (Lipinski definition) is 8. The van der Waals surface area contributed by atoms with Crippen LogP contribution >= 0.6 is 0 Å². The molecule has 1 heterocycles. The van der Waals surface area contributed by atoms with Crippen LogP contribution in [-0.4, -0.2) is 42.5 Å². The first kappa shape index (κ1) is 41.5. The molecule has 0 aliphatic carbocycles. The average molecular weight is 725 g/mol. The number of aryl methyl sites for hydroxylation is 1. The number of unbranched alkanes of at least 4 members (excludes halogenated alkanes) is 1. The third kappa shape index (κ3) is 12.3. The molecule has 0 aliphatic heterocycles. The highest BCUT2D eigenvalue weighted by atomic mass is 19.4. The van der Waals surface area contributed by atoms with Gasteiger partial charge in [0, 0.05) is 40.9 Å². The van der Waals surface area contributed by atoms with Gasteiger partial charge in [0.15, 0.2) is 0 Å². The number of halogens is 5. The van der Waals surface area contributed by atoms with E-state index in [9.17, 15) is 31.5 Å². The number of benzene rings is 2. The summed E-state index contributed by atoms with van der Waals surface area (Å²) >= 11 is 0. The van der Waals surface area contributed by atoms with Crippen molar-refractivity contribution in [2.75, 3.05) is 13.2 Å². The molecule has 0 saturated heterocycles. The van der Waals surface area contributed by atoms with Gasteiger partial charge in [-0.15, -0.1) is 19.8 Å². The summed E-state index contributed by atoms with van der Waals surface area (Å²) in [4.78, 5) is 25.9. The quantitative estimate of drug-likeness (QED) is 0.0413. The zero-order valence-electron chi connectivity index (χ0n) is 29.9. The van der Waals surface area contributed by atoms with Gasteiger partial charge in [0.25, 0.3) is 0 Å². The zero-order valence-corrected chi connectivity index (χ0v) is 29.9. The molecule has 13 heteroatoms. The molecule has 4 N–H and O–H groups in total. The maximum atomic E-state index is 14.6. The average Bonchev–Trinajstić information content (AvgIpc) is 2.99. The molecule has 1 atom stereocenters. The lowest BCUT2D eigenvalue weighted by molar-refractivity contribution is -0.274. The number of hydrogen-bond donors (Lipinski definition) is 2. The fraction of sp³-hybridized carbons (Fsp3) is 0.526. The Hall–Kier alpha value is -3.97. The summed E-state index contributed by atoms with van der Waals surface area (Å²) in [5.74, 6) is -3.88. The number of carbonyl (C=O) groups excluding carboxylic acids is 1. The summed E-state index contributed by atoms with van der Waals surface area (Å²) in [6.07, 6.45) is -2.18. The van der Waals surface area contributed by atoms with Gasteiger partial charge in [-0.25, -0.2) is 13.6 Å². The summed E-state index contributed by atoms with van der Waals surface area (Å²) in [6.45, 7) is 12.0. The Balaban J connectivity index is 1.58. The van der Waals surface area contributed by atoms with Crippen LogP contribution in [0.2, 0.25) is 0 Å². The van der Waals surface area contributed by atoms with Gasteiger partial charge in [-0.05, 0) is 103 Å². The molecule has 0 bridgehead atoms. The largest absolute Gasteiger partial charge is 0.573 e. The number of ether oxygens (including phenoxy) is 3. The molecule has 8 nitrogen and oxygen atoms in total. The predicted octanol–water partition coefficient (Wildman–Crippen LogP) is 8.86. The van der Waals surface area contributed by atoms with Gasteiger partial charge in [0.1, 0.15) is 17.1 Å². The fourth-order valence-corrected chi connectivity index (χ4v) is 5.75. The second kappa shape index (κ2) is 16.6. The predicted molar refractivity (Wildman–Crippen MR) is 187 cm³/mol. The van der Waals surface area contributed by atoms with E-state index in [0.717, 1.165) is 0 Å². The van der Waals surface area contributed by atoms with E-state index in [1.165, 1.54) is 30.3 Å². The van der Waals surface area contributed by atoms with Crippen molar-refractivity contribution in [1.29, 1.82) is 0 Å². The van der Waals surface area contributed by atoms with Crippen LogP contribution in [0.15, 0.2) is 64.3 Å². The Labute approximate surface area is 295 Å². The van der Waals surface area contributed by atoms with Gasteiger partial charge >= 0.3 is 18.0 Å². The summed E-state index contributed by atoms with van der Waals surface area (Å²) in [5, 5.41) is 0.402. The molecular weight excluding hydrogens is 675 g/mol. The van der Waals surface area contributed by atoms with Crippen molar-refractivity contribution in [2.24, 2.45) is 16.9 Å². The maximum Gasteiger partial charge on any atom is 0.573 e.